The molecule has 0 aliphatic carbocycles. The molecule has 2 aliphatic heterocycles. The van der Waals surface area contributed by atoms with Crippen LogP contribution in [0.25, 0.3) is 33.3 Å². The molecule has 5 aromatic heterocycles. The summed E-state index contributed by atoms with van der Waals surface area (Å²) in [6.45, 7) is 12.6. The predicted octanol–water partition coefficient (Wildman–Crippen LogP) is 11.4. The number of hydrogen-bond donors (Lipinski definition) is 3. The van der Waals surface area contributed by atoms with E-state index in [9.17, 15) is 14.4 Å². The highest BCUT2D eigenvalue weighted by Crippen LogP contribution is 2.38. The van der Waals surface area contributed by atoms with E-state index in [0.29, 0.717) is 29.0 Å². The first kappa shape index (κ1) is 48.9. The number of ether oxygens (including phenoxy) is 2. The standard InChI is InChI=1S/C19H21BrN4O2S.C10H18N2O2S.C9H6Br2N2O.2CH4/c1-19(2,3)26-18(25)24-6-4-5-15(24)17-23-14(10-27-17)13-9-22-16-12(13)7-11(20)8-21-16;1-10(2,3)14-9(13)12-6-4-5-7(12)8(11)15;10-2-8(14)7-4-13-9-6(7)1-5(11)3-12-9;;/h7-10,15H,4-6H2,1-3H3,(H,21,22);7H,4-6H2,1-3H3,(H2,11,15);1,3-4H,2H2,(H,12,13);2*1H4. The summed E-state index contributed by atoms with van der Waals surface area (Å²) < 4.78 is 12.6. The topological polar surface area (TPSA) is 172 Å². The number of nitrogens with two attached hydrogens (primary N) is 1. The van der Waals surface area contributed by atoms with E-state index in [1.807, 2.05) is 65.3 Å². The highest BCUT2D eigenvalue weighted by atomic mass is 79.9. The number of Topliss-reactive ketones (excluding diaryl/α,β-unsaturated/α-hetero) is 1. The maximum absolute atomic E-state index is 12.6. The van der Waals surface area contributed by atoms with E-state index in [1.54, 1.807) is 39.7 Å². The average Bonchev–Trinajstić information content (AvgIpc) is 3.95. The Hall–Kier alpha value is -3.45. The van der Waals surface area contributed by atoms with E-state index in [1.165, 1.54) is 0 Å². The molecule has 0 spiro atoms. The Labute approximate surface area is 375 Å². The van der Waals surface area contributed by atoms with Crippen LogP contribution in [0.5, 0.6) is 0 Å². The van der Waals surface area contributed by atoms with Crippen molar-refractivity contribution in [2.75, 3.05) is 18.4 Å². The largest absolute Gasteiger partial charge is 0.444 e. The second kappa shape index (κ2) is 20.7. The lowest BCUT2D eigenvalue weighted by Gasteiger charge is -2.27. The molecular weight excluding hydrogens is 976 g/mol. The van der Waals surface area contributed by atoms with Gasteiger partial charge in [0, 0.05) is 74.1 Å². The number of aromatic amines is 2. The number of likely N-dealkylation sites (tertiary alicyclic amines) is 2. The van der Waals surface area contributed by atoms with Crippen molar-refractivity contribution in [1.82, 2.24) is 34.7 Å². The Bertz CT molecular complexity index is 2210. The van der Waals surface area contributed by atoms with Crippen molar-refractivity contribution in [3.63, 3.8) is 0 Å². The molecule has 0 bridgehead atoms. The summed E-state index contributed by atoms with van der Waals surface area (Å²) in [4.78, 5) is 59.1. The zero-order chi connectivity index (χ0) is 40.9. The number of amides is 2. The van der Waals surface area contributed by atoms with Gasteiger partial charge in [-0.2, -0.15) is 0 Å². The van der Waals surface area contributed by atoms with Gasteiger partial charge in [-0.15, -0.1) is 11.3 Å². The maximum Gasteiger partial charge on any atom is 0.410 e. The molecule has 2 fully saturated rings. The molecule has 2 amide bonds. The van der Waals surface area contributed by atoms with Gasteiger partial charge < -0.3 is 25.2 Å². The van der Waals surface area contributed by atoms with Gasteiger partial charge in [-0.1, -0.05) is 43.0 Å². The molecule has 7 heterocycles. The molecule has 2 saturated heterocycles. The van der Waals surface area contributed by atoms with E-state index < -0.39 is 11.2 Å². The number of aromatic nitrogens is 5. The monoisotopic (exact) mass is 1030 g/mol. The Morgan fingerprint density at radius 2 is 1.41 bits per heavy atom. The molecule has 13 nitrogen and oxygen atoms in total. The fraction of sp³-hybridized carbons (Fsp3) is 0.475. The van der Waals surface area contributed by atoms with Crippen molar-refractivity contribution in [1.29, 1.82) is 0 Å². The van der Waals surface area contributed by atoms with Crippen LogP contribution in [-0.4, -0.2) is 93.3 Å². The summed E-state index contributed by atoms with van der Waals surface area (Å²) in [7, 11) is 0. The Morgan fingerprint density at radius 3 is 2.00 bits per heavy atom. The van der Waals surface area contributed by atoms with Crippen molar-refractivity contribution in [3.8, 4) is 11.3 Å². The van der Waals surface area contributed by atoms with Gasteiger partial charge in [0.25, 0.3) is 0 Å². The van der Waals surface area contributed by atoms with Gasteiger partial charge in [0.15, 0.2) is 5.78 Å². The number of thiocarbonyl (C=S) groups is 1. The third-order valence-electron chi connectivity index (χ3n) is 8.59. The van der Waals surface area contributed by atoms with E-state index in [2.05, 4.69) is 67.7 Å². The van der Waals surface area contributed by atoms with Crippen molar-refractivity contribution in [2.45, 2.75) is 105 Å². The molecule has 0 radical (unpaired) electrons. The highest BCUT2D eigenvalue weighted by Gasteiger charge is 2.35. The first-order chi connectivity index (χ1) is 26.3. The van der Waals surface area contributed by atoms with Crippen LogP contribution < -0.4 is 5.73 Å². The van der Waals surface area contributed by atoms with Gasteiger partial charge in [0.05, 0.1) is 28.1 Å². The minimum Gasteiger partial charge on any atom is -0.444 e. The molecule has 7 rings (SSSR count). The van der Waals surface area contributed by atoms with E-state index in [-0.39, 0.29) is 44.9 Å². The van der Waals surface area contributed by atoms with Crippen LogP contribution in [0.4, 0.5) is 9.59 Å². The lowest BCUT2D eigenvalue weighted by Crippen LogP contribution is -2.45. The quantitative estimate of drug-likeness (QED) is 0.0874. The third-order valence-corrected chi connectivity index (χ3v) is 11.2. The van der Waals surface area contributed by atoms with Crippen LogP contribution in [-0.2, 0) is 9.47 Å². The fourth-order valence-corrected chi connectivity index (χ4v) is 8.37. The number of nitrogens with zero attached hydrogens (tertiary/aromatic N) is 5. The summed E-state index contributed by atoms with van der Waals surface area (Å²) in [5, 5.41) is 5.20. The van der Waals surface area contributed by atoms with Crippen LogP contribution in [0.15, 0.2) is 51.2 Å². The lowest BCUT2D eigenvalue weighted by molar-refractivity contribution is 0.0221. The van der Waals surface area contributed by atoms with Crippen LogP contribution in [0.2, 0.25) is 0 Å². The molecular formula is C40H53Br3N8O5S2. The number of pyridine rings is 2. The molecule has 0 aromatic carbocycles. The van der Waals surface area contributed by atoms with Gasteiger partial charge >= 0.3 is 12.2 Å². The van der Waals surface area contributed by atoms with Gasteiger partial charge in [0.2, 0.25) is 0 Å². The van der Waals surface area contributed by atoms with E-state index in [4.69, 9.17) is 32.4 Å². The Balaban J connectivity index is 0.000000249. The van der Waals surface area contributed by atoms with Crippen LogP contribution >= 0.6 is 71.3 Å². The number of fused-ring (bicyclic) bond motifs is 2. The molecule has 4 N–H and O–H groups in total. The SMILES string of the molecule is C.C.CC(C)(C)OC(=O)N1CCCC1C(N)=S.CC(C)(C)OC(=O)N1CCCC1c1nc(-c2c[nH]c3ncc(Br)cc23)cs1.O=C(CBr)c1c[nH]c2ncc(Br)cc12. The minimum atomic E-state index is -0.497. The lowest BCUT2D eigenvalue weighted by atomic mass is 10.2. The number of alkyl halides is 1. The molecule has 2 atom stereocenters. The van der Waals surface area contributed by atoms with Gasteiger partial charge in [0.1, 0.15) is 27.5 Å². The van der Waals surface area contributed by atoms with Crippen molar-refractivity contribution >= 4 is 116 Å². The number of thiazole rings is 1. The number of rotatable bonds is 5. The molecule has 5 aromatic rings. The zero-order valence-corrected chi connectivity index (χ0v) is 38.3. The average molecular weight is 1030 g/mol. The Morgan fingerprint density at radius 1 is 0.879 bits per heavy atom. The first-order valence-corrected chi connectivity index (χ1v) is 21.9. The first-order valence-electron chi connectivity index (χ1n) is 17.9. The van der Waals surface area contributed by atoms with Crippen LogP contribution in [0, 0.1) is 0 Å². The number of hydrogen-bond acceptors (Lipinski definition) is 10. The number of carbonyl (C=O) groups is 3. The molecule has 2 unspecified atom stereocenters. The molecule has 316 valence electrons. The van der Waals surface area contributed by atoms with Gasteiger partial charge in [-0.3, -0.25) is 14.6 Å². The number of halogens is 3. The summed E-state index contributed by atoms with van der Waals surface area (Å²) in [5.41, 5.74) is 8.76. The van der Waals surface area contributed by atoms with Crippen LogP contribution in [0.1, 0.15) is 103 Å². The summed E-state index contributed by atoms with van der Waals surface area (Å²) in [5.74, 6) is 0.0520. The second-order valence-corrected chi connectivity index (χ2v) is 19.0. The molecule has 0 saturated carbocycles. The predicted molar refractivity (Wildman–Crippen MR) is 248 cm³/mol. The number of carbonyl (C=O) groups excluding carboxylic acids is 3. The van der Waals surface area contributed by atoms with E-state index in [0.717, 1.165) is 73.0 Å². The van der Waals surface area contributed by atoms with E-state index >= 15 is 0 Å². The highest BCUT2D eigenvalue weighted by molar-refractivity contribution is 9.10. The third kappa shape index (κ3) is 12.5. The second-order valence-electron chi connectivity index (χ2n) is 15.2. The smallest absolute Gasteiger partial charge is 0.410 e. The summed E-state index contributed by atoms with van der Waals surface area (Å²) >= 11 is 16.5. The van der Waals surface area contributed by atoms with Crippen molar-refractivity contribution in [3.05, 3.63) is 61.8 Å². The van der Waals surface area contributed by atoms with Crippen molar-refractivity contribution < 1.29 is 23.9 Å². The number of H-pyrrole nitrogens is 2. The maximum atomic E-state index is 12.6. The van der Waals surface area contributed by atoms with Gasteiger partial charge in [-0.05, 0) is 111 Å². The molecule has 18 heteroatoms. The number of ketones is 1. The minimum absolute atomic E-state index is 0. The zero-order valence-electron chi connectivity index (χ0n) is 32.0. The van der Waals surface area contributed by atoms with Gasteiger partial charge in [-0.25, -0.2) is 24.5 Å². The summed E-state index contributed by atoms with van der Waals surface area (Å²) in [6, 6.07) is 3.77. The fourth-order valence-electron chi connectivity index (χ4n) is 6.20. The normalized spacial score (nSPS) is 16.4. The molecule has 2 aliphatic rings. The molecule has 58 heavy (non-hydrogen) atoms. The van der Waals surface area contributed by atoms with Crippen molar-refractivity contribution in [2.24, 2.45) is 5.73 Å². The number of nitrogens with one attached hydrogen (secondary N) is 2. The Kier molecular flexibility index (Phi) is 17.4. The van der Waals surface area contributed by atoms with Crippen LogP contribution in [0.3, 0.4) is 0 Å². The summed E-state index contributed by atoms with van der Waals surface area (Å²) in [6.07, 6.45) is 10.1.